The van der Waals surface area contributed by atoms with Gasteiger partial charge in [-0.3, -0.25) is 0 Å². The van der Waals surface area contributed by atoms with Crippen LogP contribution in [0.25, 0.3) is 10.9 Å². The minimum atomic E-state index is 0.260. The highest BCUT2D eigenvalue weighted by molar-refractivity contribution is 6.35. The lowest BCUT2D eigenvalue weighted by atomic mass is 9.87. The molecule has 2 nitrogen and oxygen atoms in total. The van der Waals surface area contributed by atoms with Crippen LogP contribution in [0, 0.1) is 5.41 Å². The zero-order valence-corrected chi connectivity index (χ0v) is 12.6. The molecule has 0 aliphatic carbocycles. The SMILES string of the molecule is CC(C)(CN)CCCCn1cc(Cl)c2ccccc21. The summed E-state index contributed by atoms with van der Waals surface area (Å²) in [5, 5.41) is 1.99. The molecule has 2 rings (SSSR count). The fourth-order valence-electron chi connectivity index (χ4n) is 2.37. The predicted molar refractivity (Wildman–Crippen MR) is 83.6 cm³/mol. The van der Waals surface area contributed by atoms with E-state index in [1.54, 1.807) is 0 Å². The van der Waals surface area contributed by atoms with Crippen molar-refractivity contribution in [1.82, 2.24) is 4.57 Å². The quantitative estimate of drug-likeness (QED) is 0.778. The molecule has 3 heteroatoms. The van der Waals surface area contributed by atoms with Crippen LogP contribution in [0.15, 0.2) is 30.5 Å². The Labute approximate surface area is 120 Å². The smallest absolute Gasteiger partial charge is 0.0661 e. The normalized spacial score (nSPS) is 12.2. The number of nitrogens with two attached hydrogens (primary N) is 1. The second-order valence-corrected chi connectivity index (χ2v) is 6.42. The summed E-state index contributed by atoms with van der Waals surface area (Å²) < 4.78 is 2.26. The third kappa shape index (κ3) is 3.52. The third-order valence-electron chi connectivity index (χ3n) is 3.80. The second kappa shape index (κ2) is 5.98. The number of aryl methyl sites for hydroxylation is 1. The molecule has 0 spiro atoms. The zero-order valence-electron chi connectivity index (χ0n) is 11.8. The summed E-state index contributed by atoms with van der Waals surface area (Å²) >= 11 is 6.25. The molecule has 0 atom stereocenters. The molecule has 0 bridgehead atoms. The lowest BCUT2D eigenvalue weighted by Crippen LogP contribution is -2.23. The van der Waals surface area contributed by atoms with Crippen LogP contribution >= 0.6 is 11.6 Å². The Kier molecular flexibility index (Phi) is 4.54. The molecule has 104 valence electrons. The average molecular weight is 279 g/mol. The lowest BCUT2D eigenvalue weighted by molar-refractivity contribution is 0.329. The van der Waals surface area contributed by atoms with Crippen LogP contribution in [0.5, 0.6) is 0 Å². The topological polar surface area (TPSA) is 30.9 Å². The first kappa shape index (κ1) is 14.4. The van der Waals surface area contributed by atoms with Gasteiger partial charge in [-0.25, -0.2) is 0 Å². The van der Waals surface area contributed by atoms with Crippen LogP contribution in [-0.4, -0.2) is 11.1 Å². The summed E-state index contributed by atoms with van der Waals surface area (Å²) in [5.74, 6) is 0. The number of benzene rings is 1. The van der Waals surface area contributed by atoms with E-state index in [1.165, 1.54) is 24.8 Å². The molecule has 2 N–H and O–H groups in total. The molecular weight excluding hydrogens is 256 g/mol. The molecule has 1 aromatic heterocycles. The first-order chi connectivity index (χ1) is 9.03. The molecule has 0 saturated heterocycles. The lowest BCUT2D eigenvalue weighted by Gasteiger charge is -2.21. The van der Waals surface area contributed by atoms with Gasteiger partial charge in [0.2, 0.25) is 0 Å². The van der Waals surface area contributed by atoms with Gasteiger partial charge in [-0.2, -0.15) is 0 Å². The zero-order chi connectivity index (χ0) is 13.9. The Morgan fingerprint density at radius 1 is 1.21 bits per heavy atom. The Morgan fingerprint density at radius 2 is 1.95 bits per heavy atom. The minimum absolute atomic E-state index is 0.260. The van der Waals surface area contributed by atoms with Crippen LogP contribution in [0.4, 0.5) is 0 Å². The number of fused-ring (bicyclic) bond motifs is 1. The maximum atomic E-state index is 6.25. The van der Waals surface area contributed by atoms with Gasteiger partial charge in [0.1, 0.15) is 0 Å². The number of hydrogen-bond donors (Lipinski definition) is 1. The summed E-state index contributed by atoms with van der Waals surface area (Å²) in [6, 6.07) is 8.30. The fourth-order valence-corrected chi connectivity index (χ4v) is 2.65. The molecular formula is C16H23ClN2. The summed E-state index contributed by atoms with van der Waals surface area (Å²) in [4.78, 5) is 0. The van der Waals surface area contributed by atoms with Crippen LogP contribution in [0.1, 0.15) is 33.1 Å². The van der Waals surface area contributed by atoms with Gasteiger partial charge in [-0.15, -0.1) is 0 Å². The maximum Gasteiger partial charge on any atom is 0.0661 e. The molecule has 19 heavy (non-hydrogen) atoms. The molecule has 0 aliphatic rings. The number of halogens is 1. The van der Waals surface area contributed by atoms with E-state index >= 15 is 0 Å². The monoisotopic (exact) mass is 278 g/mol. The van der Waals surface area contributed by atoms with E-state index < -0.39 is 0 Å². The van der Waals surface area contributed by atoms with Gasteiger partial charge in [0.15, 0.2) is 0 Å². The van der Waals surface area contributed by atoms with Gasteiger partial charge in [-0.1, -0.05) is 50.1 Å². The Balaban J connectivity index is 1.95. The Morgan fingerprint density at radius 3 is 2.68 bits per heavy atom. The van der Waals surface area contributed by atoms with Gasteiger partial charge >= 0.3 is 0 Å². The number of unbranched alkanes of at least 4 members (excludes halogenated alkanes) is 1. The van der Waals surface area contributed by atoms with Crippen molar-refractivity contribution < 1.29 is 0 Å². The van der Waals surface area contributed by atoms with E-state index in [4.69, 9.17) is 17.3 Å². The highest BCUT2D eigenvalue weighted by Crippen LogP contribution is 2.26. The summed E-state index contributed by atoms with van der Waals surface area (Å²) in [6.45, 7) is 6.24. The number of aromatic nitrogens is 1. The Bertz CT molecular complexity index is 543. The first-order valence-corrected chi connectivity index (χ1v) is 7.35. The van der Waals surface area contributed by atoms with Gasteiger partial charge in [-0.05, 0) is 30.9 Å². The van der Waals surface area contributed by atoms with Crippen molar-refractivity contribution in [2.45, 2.75) is 39.7 Å². The van der Waals surface area contributed by atoms with Crippen molar-refractivity contribution in [3.05, 3.63) is 35.5 Å². The number of nitrogens with zero attached hydrogens (tertiary/aromatic N) is 1. The summed E-state index contributed by atoms with van der Waals surface area (Å²) in [7, 11) is 0. The molecule has 0 fully saturated rings. The minimum Gasteiger partial charge on any atom is -0.346 e. The van der Waals surface area contributed by atoms with E-state index in [2.05, 4.69) is 36.6 Å². The van der Waals surface area contributed by atoms with E-state index in [-0.39, 0.29) is 5.41 Å². The van der Waals surface area contributed by atoms with Gasteiger partial charge in [0.05, 0.1) is 5.02 Å². The molecule has 2 aromatic rings. The summed E-state index contributed by atoms with van der Waals surface area (Å²) in [6.07, 6.45) is 5.59. The van der Waals surface area contributed by atoms with Crippen molar-refractivity contribution in [3.8, 4) is 0 Å². The molecule has 0 unspecified atom stereocenters. The highest BCUT2D eigenvalue weighted by Gasteiger charge is 2.14. The van der Waals surface area contributed by atoms with Gasteiger partial charge < -0.3 is 10.3 Å². The largest absolute Gasteiger partial charge is 0.346 e. The molecule has 1 aromatic carbocycles. The fraction of sp³-hybridized carbons (Fsp3) is 0.500. The van der Waals surface area contributed by atoms with E-state index in [0.29, 0.717) is 0 Å². The Hall–Kier alpha value is -0.990. The van der Waals surface area contributed by atoms with Crippen LogP contribution in [0.2, 0.25) is 5.02 Å². The number of para-hydroxylation sites is 1. The van der Waals surface area contributed by atoms with Crippen LogP contribution in [0.3, 0.4) is 0 Å². The molecule has 0 radical (unpaired) electrons. The van der Waals surface area contributed by atoms with Crippen molar-refractivity contribution in [2.75, 3.05) is 6.54 Å². The predicted octanol–water partition coefficient (Wildman–Crippen LogP) is 4.45. The average Bonchev–Trinajstić information content (AvgIpc) is 2.72. The highest BCUT2D eigenvalue weighted by atomic mass is 35.5. The van der Waals surface area contributed by atoms with E-state index in [9.17, 15) is 0 Å². The van der Waals surface area contributed by atoms with Crippen LogP contribution in [-0.2, 0) is 6.54 Å². The number of hydrogen-bond acceptors (Lipinski definition) is 1. The summed E-state index contributed by atoms with van der Waals surface area (Å²) in [5.41, 5.74) is 7.24. The standard InChI is InChI=1S/C16H23ClN2/c1-16(2,12-18)9-5-6-10-19-11-14(17)13-7-3-4-8-15(13)19/h3-4,7-8,11H,5-6,9-10,12,18H2,1-2H3. The molecule has 1 heterocycles. The van der Waals surface area contributed by atoms with Crippen LogP contribution < -0.4 is 5.73 Å². The maximum absolute atomic E-state index is 6.25. The van der Waals surface area contributed by atoms with Crippen molar-refractivity contribution in [2.24, 2.45) is 11.1 Å². The van der Waals surface area contributed by atoms with Gasteiger partial charge in [0, 0.05) is 23.6 Å². The molecule has 0 amide bonds. The first-order valence-electron chi connectivity index (χ1n) is 6.97. The number of rotatable bonds is 6. The van der Waals surface area contributed by atoms with Gasteiger partial charge in [0.25, 0.3) is 0 Å². The molecule has 0 saturated carbocycles. The third-order valence-corrected chi connectivity index (χ3v) is 4.10. The van der Waals surface area contributed by atoms with Crippen molar-refractivity contribution >= 4 is 22.5 Å². The second-order valence-electron chi connectivity index (χ2n) is 6.01. The van der Waals surface area contributed by atoms with Crippen molar-refractivity contribution in [1.29, 1.82) is 0 Å². The molecule has 0 aliphatic heterocycles. The van der Waals surface area contributed by atoms with Crippen molar-refractivity contribution in [3.63, 3.8) is 0 Å². The van der Waals surface area contributed by atoms with E-state index in [0.717, 1.165) is 23.5 Å². The van der Waals surface area contributed by atoms with E-state index in [1.807, 2.05) is 12.3 Å².